The molecular weight excluding hydrogens is 347 g/mol. The minimum atomic E-state index is -0.656. The van der Waals surface area contributed by atoms with Gasteiger partial charge >= 0.3 is 0 Å². The van der Waals surface area contributed by atoms with E-state index < -0.39 is 12.2 Å². The first-order valence-electron chi connectivity index (χ1n) is 7.92. The highest BCUT2D eigenvalue weighted by Gasteiger charge is 2.05. The number of rotatable bonds is 9. The Labute approximate surface area is 152 Å². The Hall–Kier alpha value is -1.26. The lowest BCUT2D eigenvalue weighted by Crippen LogP contribution is -2.18. The van der Waals surface area contributed by atoms with Gasteiger partial charge in [0, 0.05) is 5.88 Å². The maximum absolute atomic E-state index is 9.50. The van der Waals surface area contributed by atoms with Crippen molar-refractivity contribution in [3.05, 3.63) is 54.1 Å². The van der Waals surface area contributed by atoms with Gasteiger partial charge in [0.1, 0.15) is 18.5 Å². The van der Waals surface area contributed by atoms with Gasteiger partial charge in [-0.25, -0.2) is 0 Å². The molecule has 5 heteroatoms. The third-order valence-corrected chi connectivity index (χ3v) is 4.42. The molecule has 3 nitrogen and oxygen atoms in total. The number of halogens is 2. The van der Waals surface area contributed by atoms with Crippen LogP contribution in [0.5, 0.6) is 5.75 Å². The number of hydrogen-bond donors (Lipinski definition) is 2. The molecule has 2 aromatic carbocycles. The standard InChI is InChI=1S/C19H22Cl2O3/c20-11-17(22)8-3-14-1-4-15(5-2-14)16-6-9-19(10-7-16)24-13-18(23)12-21/h1-2,4-7,9-10,17-18,22-23H,3,8,11-13H2. The van der Waals surface area contributed by atoms with E-state index in [-0.39, 0.29) is 18.4 Å². The smallest absolute Gasteiger partial charge is 0.119 e. The maximum atomic E-state index is 9.50. The quantitative estimate of drug-likeness (QED) is 0.660. The van der Waals surface area contributed by atoms with Gasteiger partial charge in [-0.1, -0.05) is 36.4 Å². The average molecular weight is 369 g/mol. The van der Waals surface area contributed by atoms with E-state index in [1.165, 1.54) is 5.56 Å². The SMILES string of the molecule is OC(CCl)CCc1ccc(-c2ccc(OCC(O)CCl)cc2)cc1. The lowest BCUT2D eigenvalue weighted by atomic mass is 10.0. The number of hydrogen-bond acceptors (Lipinski definition) is 3. The summed E-state index contributed by atoms with van der Waals surface area (Å²) >= 11 is 11.1. The number of aliphatic hydroxyl groups excluding tert-OH is 2. The molecule has 0 aliphatic heterocycles. The fourth-order valence-electron chi connectivity index (χ4n) is 2.25. The summed E-state index contributed by atoms with van der Waals surface area (Å²) in [6.07, 6.45) is 0.375. The van der Waals surface area contributed by atoms with Crippen molar-refractivity contribution in [1.82, 2.24) is 0 Å². The Morgan fingerprint density at radius 3 is 1.88 bits per heavy atom. The van der Waals surface area contributed by atoms with E-state index in [9.17, 15) is 10.2 Å². The van der Waals surface area contributed by atoms with Crippen LogP contribution in [0.15, 0.2) is 48.5 Å². The van der Waals surface area contributed by atoms with E-state index >= 15 is 0 Å². The van der Waals surface area contributed by atoms with Gasteiger partial charge in [0.2, 0.25) is 0 Å². The lowest BCUT2D eigenvalue weighted by molar-refractivity contribution is 0.125. The topological polar surface area (TPSA) is 49.7 Å². The number of alkyl halides is 2. The van der Waals surface area contributed by atoms with Crippen LogP contribution in [0, 0.1) is 0 Å². The predicted molar refractivity (Wildman–Crippen MR) is 99.1 cm³/mol. The Bertz CT molecular complexity index is 544. The van der Waals surface area contributed by atoms with Crippen molar-refractivity contribution in [1.29, 1.82) is 0 Å². The molecule has 0 amide bonds. The molecule has 0 spiro atoms. The molecule has 24 heavy (non-hydrogen) atoms. The Morgan fingerprint density at radius 1 is 0.792 bits per heavy atom. The number of aryl methyl sites for hydroxylation is 1. The van der Waals surface area contributed by atoms with Crippen LogP contribution in [-0.2, 0) is 6.42 Å². The average Bonchev–Trinajstić information content (AvgIpc) is 2.65. The molecule has 0 bridgehead atoms. The molecule has 2 atom stereocenters. The van der Waals surface area contributed by atoms with Crippen molar-refractivity contribution in [2.24, 2.45) is 0 Å². The maximum Gasteiger partial charge on any atom is 0.119 e. The van der Waals surface area contributed by atoms with Gasteiger partial charge < -0.3 is 14.9 Å². The van der Waals surface area contributed by atoms with E-state index in [4.69, 9.17) is 27.9 Å². The zero-order valence-electron chi connectivity index (χ0n) is 13.4. The van der Waals surface area contributed by atoms with Crippen molar-refractivity contribution in [3.63, 3.8) is 0 Å². The summed E-state index contributed by atoms with van der Waals surface area (Å²) in [7, 11) is 0. The highest BCUT2D eigenvalue weighted by molar-refractivity contribution is 6.18. The van der Waals surface area contributed by atoms with Crippen molar-refractivity contribution in [3.8, 4) is 16.9 Å². The highest BCUT2D eigenvalue weighted by Crippen LogP contribution is 2.23. The van der Waals surface area contributed by atoms with Crippen LogP contribution in [0.2, 0.25) is 0 Å². The second kappa shape index (κ2) is 9.90. The molecule has 0 saturated carbocycles. The van der Waals surface area contributed by atoms with Crippen molar-refractivity contribution in [2.45, 2.75) is 25.0 Å². The molecule has 0 radical (unpaired) electrons. The van der Waals surface area contributed by atoms with Crippen molar-refractivity contribution >= 4 is 23.2 Å². The summed E-state index contributed by atoms with van der Waals surface area (Å²) in [5.41, 5.74) is 3.38. The van der Waals surface area contributed by atoms with Gasteiger partial charge in [0.15, 0.2) is 0 Å². The first-order chi connectivity index (χ1) is 11.6. The number of aliphatic hydroxyl groups is 2. The summed E-state index contributed by atoms with van der Waals surface area (Å²) in [6.45, 7) is 0.186. The van der Waals surface area contributed by atoms with Gasteiger partial charge in [0.25, 0.3) is 0 Å². The number of benzene rings is 2. The number of ether oxygens (including phenoxy) is 1. The largest absolute Gasteiger partial charge is 0.491 e. The first-order valence-corrected chi connectivity index (χ1v) is 8.99. The zero-order chi connectivity index (χ0) is 17.4. The van der Waals surface area contributed by atoms with E-state index in [0.29, 0.717) is 12.2 Å². The van der Waals surface area contributed by atoms with E-state index in [1.807, 2.05) is 24.3 Å². The Balaban J connectivity index is 1.93. The van der Waals surface area contributed by atoms with Crippen molar-refractivity contribution < 1.29 is 14.9 Å². The third-order valence-electron chi connectivity index (χ3n) is 3.71. The Morgan fingerprint density at radius 2 is 1.33 bits per heavy atom. The van der Waals surface area contributed by atoms with Gasteiger partial charge in [-0.3, -0.25) is 0 Å². The molecule has 0 saturated heterocycles. The van der Waals surface area contributed by atoms with Gasteiger partial charge in [-0.2, -0.15) is 0 Å². The van der Waals surface area contributed by atoms with Crippen molar-refractivity contribution in [2.75, 3.05) is 18.4 Å². The fraction of sp³-hybridized carbons (Fsp3) is 0.368. The van der Waals surface area contributed by atoms with Gasteiger partial charge in [-0.15, -0.1) is 23.2 Å². The molecule has 2 rings (SSSR count). The van der Waals surface area contributed by atoms with Crippen LogP contribution < -0.4 is 4.74 Å². The molecule has 0 fully saturated rings. The summed E-state index contributed by atoms with van der Waals surface area (Å²) in [5.74, 6) is 1.13. The molecule has 0 aliphatic rings. The van der Waals surface area contributed by atoms with Crippen LogP contribution in [0.4, 0.5) is 0 Å². The highest BCUT2D eigenvalue weighted by atomic mass is 35.5. The van der Waals surface area contributed by atoms with Crippen LogP contribution in [0.1, 0.15) is 12.0 Å². The molecule has 0 aromatic heterocycles. The molecule has 130 valence electrons. The van der Waals surface area contributed by atoms with E-state index in [2.05, 4.69) is 24.3 Å². The molecular formula is C19H22Cl2O3. The normalized spacial score (nSPS) is 13.5. The monoisotopic (exact) mass is 368 g/mol. The first kappa shape index (κ1) is 19.1. The van der Waals surface area contributed by atoms with Crippen LogP contribution in [-0.4, -0.2) is 40.8 Å². The molecule has 0 aliphatic carbocycles. The summed E-state index contributed by atoms with van der Waals surface area (Å²) in [4.78, 5) is 0. The minimum absolute atomic E-state index is 0.159. The fourth-order valence-corrected chi connectivity index (χ4v) is 2.50. The lowest BCUT2D eigenvalue weighted by Gasteiger charge is -2.10. The van der Waals surface area contributed by atoms with Crippen LogP contribution >= 0.6 is 23.2 Å². The Kier molecular flexibility index (Phi) is 7.86. The third kappa shape index (κ3) is 5.99. The van der Waals surface area contributed by atoms with Crippen LogP contribution in [0.3, 0.4) is 0 Å². The van der Waals surface area contributed by atoms with Gasteiger partial charge in [0.05, 0.1) is 12.0 Å². The van der Waals surface area contributed by atoms with E-state index in [1.54, 1.807) is 0 Å². The summed E-state index contributed by atoms with van der Waals surface area (Å²) in [6, 6.07) is 16.0. The molecule has 0 heterocycles. The zero-order valence-corrected chi connectivity index (χ0v) is 14.9. The second-order valence-corrected chi connectivity index (χ2v) is 6.30. The molecule has 2 N–H and O–H groups in total. The van der Waals surface area contributed by atoms with Crippen LogP contribution in [0.25, 0.3) is 11.1 Å². The second-order valence-electron chi connectivity index (χ2n) is 5.69. The summed E-state index contributed by atoms with van der Waals surface area (Å²) < 4.78 is 5.46. The molecule has 2 aromatic rings. The van der Waals surface area contributed by atoms with E-state index in [0.717, 1.165) is 17.5 Å². The minimum Gasteiger partial charge on any atom is -0.491 e. The molecule has 2 unspecified atom stereocenters. The van der Waals surface area contributed by atoms with Gasteiger partial charge in [-0.05, 0) is 41.7 Å². The predicted octanol–water partition coefficient (Wildman–Crippen LogP) is 3.86. The summed E-state index contributed by atoms with van der Waals surface area (Å²) in [5, 5.41) is 18.9.